The monoisotopic (exact) mass is 291 g/mol. The van der Waals surface area contributed by atoms with Crippen LogP contribution in [0.3, 0.4) is 0 Å². The van der Waals surface area contributed by atoms with Crippen molar-refractivity contribution in [2.75, 3.05) is 6.54 Å². The molecular formula is C15H21N3O3. The van der Waals surface area contributed by atoms with Crippen molar-refractivity contribution in [1.82, 2.24) is 14.7 Å². The molecule has 0 radical (unpaired) electrons. The number of nitrogens with zero attached hydrogens (tertiary/aromatic N) is 3. The molecule has 6 heteroatoms. The number of carboxylic acids is 1. The van der Waals surface area contributed by atoms with Gasteiger partial charge >= 0.3 is 5.97 Å². The molecule has 114 valence electrons. The summed E-state index contributed by atoms with van der Waals surface area (Å²) in [5, 5.41) is 13.5. The Kier molecular flexibility index (Phi) is 3.69. The van der Waals surface area contributed by atoms with Crippen LogP contribution in [-0.4, -0.2) is 44.3 Å². The molecule has 0 bridgehead atoms. The molecule has 6 nitrogen and oxygen atoms in total. The van der Waals surface area contributed by atoms with Crippen molar-refractivity contribution in [2.45, 2.75) is 51.6 Å². The smallest absolute Gasteiger partial charge is 0.308 e. The lowest BCUT2D eigenvalue weighted by molar-refractivity contribution is -0.143. The molecule has 1 saturated heterocycles. The minimum atomic E-state index is -0.809. The Balaban J connectivity index is 1.83. The number of aromatic nitrogens is 2. The number of aliphatic carboxylic acids is 1. The molecule has 0 aromatic carbocycles. The lowest BCUT2D eigenvalue weighted by Gasteiger charge is -2.36. The number of carbonyl (C=O) groups excluding carboxylic acids is 1. The summed E-state index contributed by atoms with van der Waals surface area (Å²) >= 11 is 0. The third-order valence-electron chi connectivity index (χ3n) is 4.70. The minimum absolute atomic E-state index is 0.0587. The summed E-state index contributed by atoms with van der Waals surface area (Å²) < 4.78 is 1.92. The lowest BCUT2D eigenvalue weighted by Crippen LogP contribution is -2.47. The first-order valence-corrected chi connectivity index (χ1v) is 7.66. The quantitative estimate of drug-likeness (QED) is 0.897. The molecule has 1 aromatic heterocycles. The second-order valence-corrected chi connectivity index (χ2v) is 6.10. The molecule has 2 aliphatic rings. The summed E-state index contributed by atoms with van der Waals surface area (Å²) in [4.78, 5) is 25.7. The third-order valence-corrected chi connectivity index (χ3v) is 4.70. The van der Waals surface area contributed by atoms with E-state index in [9.17, 15) is 14.7 Å². The Bertz CT molecular complexity index is 567. The van der Waals surface area contributed by atoms with Gasteiger partial charge in [0.05, 0.1) is 23.4 Å². The van der Waals surface area contributed by atoms with Crippen LogP contribution < -0.4 is 0 Å². The maximum atomic E-state index is 12.8. The van der Waals surface area contributed by atoms with E-state index in [-0.39, 0.29) is 11.9 Å². The van der Waals surface area contributed by atoms with E-state index in [4.69, 9.17) is 0 Å². The number of rotatable bonds is 2. The lowest BCUT2D eigenvalue weighted by atomic mass is 9.92. The fourth-order valence-electron chi connectivity index (χ4n) is 3.35. The fourth-order valence-corrected chi connectivity index (χ4v) is 3.35. The largest absolute Gasteiger partial charge is 0.481 e. The van der Waals surface area contributed by atoms with Crippen LogP contribution in [0.25, 0.3) is 0 Å². The Morgan fingerprint density at radius 3 is 2.90 bits per heavy atom. The first-order chi connectivity index (χ1) is 10.1. The van der Waals surface area contributed by atoms with Crippen LogP contribution in [0.2, 0.25) is 0 Å². The molecule has 1 fully saturated rings. The van der Waals surface area contributed by atoms with Crippen LogP contribution in [0.4, 0.5) is 0 Å². The van der Waals surface area contributed by atoms with Crippen LogP contribution in [0, 0.1) is 5.92 Å². The highest BCUT2D eigenvalue weighted by Crippen LogP contribution is 2.26. The zero-order valence-corrected chi connectivity index (χ0v) is 12.3. The van der Waals surface area contributed by atoms with Crippen LogP contribution in [-0.2, 0) is 17.8 Å². The number of carbonyl (C=O) groups is 2. The fraction of sp³-hybridized carbons (Fsp3) is 0.667. The second kappa shape index (κ2) is 5.50. The Hall–Kier alpha value is -1.85. The van der Waals surface area contributed by atoms with Crippen molar-refractivity contribution >= 4 is 11.9 Å². The normalized spacial score (nSPS) is 25.5. The van der Waals surface area contributed by atoms with E-state index in [0.29, 0.717) is 18.5 Å². The topological polar surface area (TPSA) is 75.4 Å². The molecule has 0 spiro atoms. The van der Waals surface area contributed by atoms with Crippen molar-refractivity contribution in [3.63, 3.8) is 0 Å². The predicted octanol–water partition coefficient (Wildman–Crippen LogP) is 1.54. The molecule has 2 aliphatic heterocycles. The molecule has 1 aromatic rings. The summed E-state index contributed by atoms with van der Waals surface area (Å²) in [5.74, 6) is -1.31. The van der Waals surface area contributed by atoms with Crippen LogP contribution in [0.5, 0.6) is 0 Å². The molecule has 3 rings (SSSR count). The van der Waals surface area contributed by atoms with Gasteiger partial charge in [-0.15, -0.1) is 0 Å². The van der Waals surface area contributed by atoms with Crippen molar-refractivity contribution in [1.29, 1.82) is 0 Å². The third kappa shape index (κ3) is 2.54. The summed E-state index contributed by atoms with van der Waals surface area (Å²) in [6.07, 6.45) is 6.10. The maximum absolute atomic E-state index is 12.8. The molecule has 21 heavy (non-hydrogen) atoms. The average molecular weight is 291 g/mol. The molecule has 3 heterocycles. The Morgan fingerprint density at radius 1 is 1.33 bits per heavy atom. The molecule has 0 saturated carbocycles. The van der Waals surface area contributed by atoms with Gasteiger partial charge in [-0.3, -0.25) is 14.3 Å². The Labute approximate surface area is 123 Å². The first kappa shape index (κ1) is 14.1. The van der Waals surface area contributed by atoms with E-state index in [0.717, 1.165) is 37.9 Å². The highest BCUT2D eigenvalue weighted by Gasteiger charge is 2.34. The van der Waals surface area contributed by atoms with Gasteiger partial charge in [-0.1, -0.05) is 0 Å². The van der Waals surface area contributed by atoms with E-state index in [2.05, 4.69) is 5.10 Å². The number of hydrogen-bond acceptors (Lipinski definition) is 3. The molecule has 0 aliphatic carbocycles. The number of aryl methyl sites for hydroxylation is 1. The zero-order chi connectivity index (χ0) is 15.0. The van der Waals surface area contributed by atoms with Gasteiger partial charge in [0.1, 0.15) is 0 Å². The number of amides is 1. The van der Waals surface area contributed by atoms with Crippen LogP contribution in [0.1, 0.15) is 48.7 Å². The first-order valence-electron chi connectivity index (χ1n) is 7.66. The minimum Gasteiger partial charge on any atom is -0.481 e. The van der Waals surface area contributed by atoms with Crippen molar-refractivity contribution < 1.29 is 14.7 Å². The van der Waals surface area contributed by atoms with E-state index in [1.54, 1.807) is 11.1 Å². The summed E-state index contributed by atoms with van der Waals surface area (Å²) in [6.45, 7) is 3.17. The van der Waals surface area contributed by atoms with Gasteiger partial charge in [-0.05, 0) is 39.0 Å². The standard InChI is InChI=1S/C15H21N3O3/c1-10-5-6-11(15(20)21)9-17(10)14(19)12-8-16-18-7-3-2-4-13(12)18/h8,10-11H,2-7,9H2,1H3,(H,20,21). The van der Waals surface area contributed by atoms with E-state index < -0.39 is 11.9 Å². The molecular weight excluding hydrogens is 270 g/mol. The number of hydrogen-bond donors (Lipinski definition) is 1. The molecule has 1 N–H and O–H groups in total. The highest BCUT2D eigenvalue weighted by atomic mass is 16.4. The SMILES string of the molecule is CC1CCC(C(=O)O)CN1C(=O)c1cnn2c1CCCC2. The number of piperidine rings is 1. The van der Waals surface area contributed by atoms with Crippen LogP contribution >= 0.6 is 0 Å². The number of likely N-dealkylation sites (tertiary alicyclic amines) is 1. The summed E-state index contributed by atoms with van der Waals surface area (Å²) in [5.41, 5.74) is 1.67. The summed E-state index contributed by atoms with van der Waals surface area (Å²) in [7, 11) is 0. The second-order valence-electron chi connectivity index (χ2n) is 6.10. The van der Waals surface area contributed by atoms with Gasteiger partial charge < -0.3 is 10.0 Å². The Morgan fingerprint density at radius 2 is 2.14 bits per heavy atom. The van der Waals surface area contributed by atoms with Crippen LogP contribution in [0.15, 0.2) is 6.20 Å². The van der Waals surface area contributed by atoms with E-state index >= 15 is 0 Å². The van der Waals surface area contributed by atoms with Crippen molar-refractivity contribution in [3.05, 3.63) is 17.5 Å². The zero-order valence-electron chi connectivity index (χ0n) is 12.3. The highest BCUT2D eigenvalue weighted by molar-refractivity contribution is 5.95. The van der Waals surface area contributed by atoms with Gasteiger partial charge in [0, 0.05) is 19.1 Å². The van der Waals surface area contributed by atoms with Gasteiger partial charge in [-0.2, -0.15) is 5.10 Å². The predicted molar refractivity (Wildman–Crippen MR) is 76.0 cm³/mol. The van der Waals surface area contributed by atoms with Gasteiger partial charge in [0.15, 0.2) is 0 Å². The van der Waals surface area contributed by atoms with E-state index in [1.165, 1.54) is 0 Å². The van der Waals surface area contributed by atoms with Gasteiger partial charge in [0.25, 0.3) is 5.91 Å². The van der Waals surface area contributed by atoms with Gasteiger partial charge in [0.2, 0.25) is 0 Å². The number of carboxylic acid groups (broad SMARTS) is 1. The van der Waals surface area contributed by atoms with E-state index in [1.807, 2.05) is 11.6 Å². The molecule has 2 atom stereocenters. The van der Waals surface area contributed by atoms with Gasteiger partial charge in [-0.25, -0.2) is 0 Å². The van der Waals surface area contributed by atoms with Crippen molar-refractivity contribution in [2.24, 2.45) is 5.92 Å². The summed E-state index contributed by atoms with van der Waals surface area (Å²) in [6, 6.07) is 0.0900. The molecule has 2 unspecified atom stereocenters. The maximum Gasteiger partial charge on any atom is 0.308 e. The average Bonchev–Trinajstić information content (AvgIpc) is 2.90. The molecule has 1 amide bonds. The number of fused-ring (bicyclic) bond motifs is 1. The van der Waals surface area contributed by atoms with Crippen molar-refractivity contribution in [3.8, 4) is 0 Å².